The number of benzene rings is 2. The van der Waals surface area contributed by atoms with Crippen molar-refractivity contribution in [1.29, 1.82) is 0 Å². The highest BCUT2D eigenvalue weighted by Gasteiger charge is 2.12. The Balaban J connectivity index is 1.50. The predicted molar refractivity (Wildman–Crippen MR) is 119 cm³/mol. The van der Waals surface area contributed by atoms with Gasteiger partial charge >= 0.3 is 0 Å². The highest BCUT2D eigenvalue weighted by atomic mass is 19.1. The van der Waals surface area contributed by atoms with E-state index in [9.17, 15) is 9.18 Å². The molecule has 0 saturated carbocycles. The fraction of sp³-hybridized carbons (Fsp3) is 0.125. The lowest BCUT2D eigenvalue weighted by molar-refractivity contribution is -0.111. The molecular weight excluding hydrogens is 393 g/mol. The van der Waals surface area contributed by atoms with E-state index in [2.05, 4.69) is 15.4 Å². The maximum Gasteiger partial charge on any atom is 0.248 e. The molecule has 0 aliphatic rings. The molecule has 2 aromatic carbocycles. The van der Waals surface area contributed by atoms with Crippen LogP contribution in [0.4, 0.5) is 10.1 Å². The fourth-order valence-electron chi connectivity index (χ4n) is 3.47. The average Bonchev–Trinajstić information content (AvgIpc) is 3.30. The molecule has 1 N–H and O–H groups in total. The number of carbonyl (C=O) groups is 1. The van der Waals surface area contributed by atoms with Crippen LogP contribution in [-0.2, 0) is 4.79 Å². The minimum absolute atomic E-state index is 0.350. The molecule has 0 saturated heterocycles. The topological polar surface area (TPSA) is 64.7 Å². The van der Waals surface area contributed by atoms with Crippen LogP contribution in [-0.4, -0.2) is 25.2 Å². The van der Waals surface area contributed by atoms with Crippen LogP contribution in [0.15, 0.2) is 67.0 Å². The third kappa shape index (κ3) is 4.16. The van der Waals surface area contributed by atoms with Gasteiger partial charge in [-0.05, 0) is 57.2 Å². The van der Waals surface area contributed by atoms with Gasteiger partial charge in [0.25, 0.3) is 0 Å². The summed E-state index contributed by atoms with van der Waals surface area (Å²) in [7, 11) is 0. The monoisotopic (exact) mass is 415 g/mol. The molecule has 156 valence electrons. The van der Waals surface area contributed by atoms with Crippen molar-refractivity contribution in [3.63, 3.8) is 0 Å². The summed E-state index contributed by atoms with van der Waals surface area (Å²) in [6.07, 6.45) is 6.46. The average molecular weight is 415 g/mol. The second kappa shape index (κ2) is 8.39. The van der Waals surface area contributed by atoms with Crippen molar-refractivity contribution in [3.8, 4) is 11.4 Å². The number of hydrogen-bond acceptors (Lipinski definition) is 3. The van der Waals surface area contributed by atoms with E-state index in [1.807, 2.05) is 48.9 Å². The van der Waals surface area contributed by atoms with Gasteiger partial charge in [-0.25, -0.2) is 14.1 Å². The molecule has 4 rings (SSSR count). The minimum atomic E-state index is -0.446. The molecule has 6 nitrogen and oxygen atoms in total. The lowest BCUT2D eigenvalue weighted by Gasteiger charge is -2.09. The van der Waals surface area contributed by atoms with Crippen molar-refractivity contribution in [2.24, 2.45) is 0 Å². The number of halogens is 1. The Morgan fingerprint density at radius 2 is 1.87 bits per heavy atom. The van der Waals surface area contributed by atoms with Gasteiger partial charge in [0.15, 0.2) is 0 Å². The number of hydrogen-bond donors (Lipinski definition) is 1. The van der Waals surface area contributed by atoms with Crippen LogP contribution in [0.1, 0.15) is 22.8 Å². The smallest absolute Gasteiger partial charge is 0.248 e. The number of para-hydroxylation sites is 1. The van der Waals surface area contributed by atoms with Crippen molar-refractivity contribution in [1.82, 2.24) is 19.3 Å². The highest BCUT2D eigenvalue weighted by Crippen LogP contribution is 2.21. The van der Waals surface area contributed by atoms with Crippen molar-refractivity contribution >= 4 is 17.7 Å². The molecule has 2 heterocycles. The first kappa shape index (κ1) is 20.3. The largest absolute Gasteiger partial charge is 0.322 e. The number of nitrogens with one attached hydrogen (secondary N) is 1. The van der Waals surface area contributed by atoms with Crippen LogP contribution in [0.25, 0.3) is 17.5 Å². The van der Waals surface area contributed by atoms with Gasteiger partial charge in [-0.1, -0.05) is 18.2 Å². The number of anilines is 1. The van der Waals surface area contributed by atoms with Gasteiger partial charge in [0.2, 0.25) is 5.91 Å². The van der Waals surface area contributed by atoms with Crippen molar-refractivity contribution in [2.45, 2.75) is 20.8 Å². The van der Waals surface area contributed by atoms with E-state index in [1.54, 1.807) is 42.1 Å². The van der Waals surface area contributed by atoms with E-state index < -0.39 is 5.82 Å². The number of amides is 1. The summed E-state index contributed by atoms with van der Waals surface area (Å²) in [4.78, 5) is 16.5. The maximum absolute atomic E-state index is 14.5. The van der Waals surface area contributed by atoms with E-state index in [0.29, 0.717) is 17.2 Å². The van der Waals surface area contributed by atoms with Crippen molar-refractivity contribution < 1.29 is 9.18 Å². The third-order valence-electron chi connectivity index (χ3n) is 5.05. The summed E-state index contributed by atoms with van der Waals surface area (Å²) < 4.78 is 18.0. The summed E-state index contributed by atoms with van der Waals surface area (Å²) in [6.45, 7) is 5.65. The summed E-state index contributed by atoms with van der Waals surface area (Å²) in [5.41, 5.74) is 4.33. The third-order valence-corrected chi connectivity index (χ3v) is 5.05. The second-order valence-electron chi connectivity index (χ2n) is 7.17. The van der Waals surface area contributed by atoms with Gasteiger partial charge in [0, 0.05) is 35.4 Å². The zero-order valence-electron chi connectivity index (χ0n) is 17.5. The van der Waals surface area contributed by atoms with E-state index in [-0.39, 0.29) is 5.91 Å². The molecule has 2 aromatic heterocycles. The first-order valence-electron chi connectivity index (χ1n) is 9.84. The minimum Gasteiger partial charge on any atom is -0.322 e. The molecule has 0 radical (unpaired) electrons. The van der Waals surface area contributed by atoms with E-state index in [4.69, 9.17) is 0 Å². The molecule has 0 bridgehead atoms. The molecule has 0 spiro atoms. The Hall–Kier alpha value is -4.00. The maximum atomic E-state index is 14.5. The number of nitrogens with zero attached hydrogens (tertiary/aromatic N) is 4. The molecule has 0 aliphatic carbocycles. The molecular formula is C24H22FN5O. The van der Waals surface area contributed by atoms with E-state index in [0.717, 1.165) is 22.6 Å². The van der Waals surface area contributed by atoms with Gasteiger partial charge in [-0.3, -0.25) is 4.79 Å². The molecule has 31 heavy (non-hydrogen) atoms. The van der Waals surface area contributed by atoms with E-state index >= 15 is 0 Å². The first-order valence-corrected chi connectivity index (χ1v) is 9.84. The van der Waals surface area contributed by atoms with Gasteiger partial charge in [0.1, 0.15) is 11.6 Å². The summed E-state index contributed by atoms with van der Waals surface area (Å²) >= 11 is 0. The van der Waals surface area contributed by atoms with Crippen LogP contribution in [0.3, 0.4) is 0 Å². The van der Waals surface area contributed by atoms with Crippen molar-refractivity contribution in [3.05, 3.63) is 95.6 Å². The zero-order valence-corrected chi connectivity index (χ0v) is 17.5. The molecule has 4 aromatic rings. The molecule has 0 atom stereocenters. The van der Waals surface area contributed by atoms with Crippen LogP contribution in [0, 0.1) is 26.6 Å². The molecule has 0 unspecified atom stereocenters. The van der Waals surface area contributed by atoms with Crippen LogP contribution >= 0.6 is 0 Å². The summed E-state index contributed by atoms with van der Waals surface area (Å²) in [5, 5.41) is 7.27. The van der Waals surface area contributed by atoms with E-state index in [1.165, 1.54) is 12.1 Å². The Kier molecular flexibility index (Phi) is 5.49. The van der Waals surface area contributed by atoms with Crippen LogP contribution in [0.5, 0.6) is 0 Å². The SMILES string of the molecule is Cc1nn(-c2ccccc2)c(C)c1/C=C/C(=O)Nc1ccc(-n2ccnc2C)c(F)c1. The van der Waals surface area contributed by atoms with Crippen LogP contribution in [0.2, 0.25) is 0 Å². The molecule has 0 aliphatic heterocycles. The van der Waals surface area contributed by atoms with Crippen LogP contribution < -0.4 is 5.32 Å². The Morgan fingerprint density at radius 1 is 1.10 bits per heavy atom. The number of rotatable bonds is 5. The quantitative estimate of drug-likeness (QED) is 0.478. The van der Waals surface area contributed by atoms with Crippen molar-refractivity contribution in [2.75, 3.05) is 5.32 Å². The van der Waals surface area contributed by atoms with Gasteiger partial charge in [-0.15, -0.1) is 0 Å². The highest BCUT2D eigenvalue weighted by molar-refractivity contribution is 6.02. The summed E-state index contributed by atoms with van der Waals surface area (Å²) in [5.74, 6) is -0.115. The van der Waals surface area contributed by atoms with Gasteiger partial charge < -0.3 is 9.88 Å². The number of aryl methyl sites for hydroxylation is 2. The molecule has 7 heteroatoms. The fourth-order valence-corrected chi connectivity index (χ4v) is 3.47. The Bertz CT molecular complexity index is 1270. The zero-order chi connectivity index (χ0) is 22.0. The second-order valence-corrected chi connectivity index (χ2v) is 7.17. The lowest BCUT2D eigenvalue weighted by Crippen LogP contribution is -2.09. The standard InChI is InChI=1S/C24H22FN5O/c1-16-21(17(2)30(28-16)20-7-5-4-6-8-20)10-12-24(31)27-19-9-11-23(22(25)15-19)29-14-13-26-18(29)3/h4-15H,1-3H3,(H,27,31)/b12-10+. The lowest BCUT2D eigenvalue weighted by atomic mass is 10.2. The first-order chi connectivity index (χ1) is 14.9. The molecule has 0 fully saturated rings. The Labute approximate surface area is 179 Å². The normalized spacial score (nSPS) is 11.2. The number of imidazole rings is 1. The number of carbonyl (C=O) groups excluding carboxylic acids is 1. The van der Waals surface area contributed by atoms with Gasteiger partial charge in [0.05, 0.1) is 17.1 Å². The van der Waals surface area contributed by atoms with Gasteiger partial charge in [-0.2, -0.15) is 5.10 Å². The molecule has 1 amide bonds. The Morgan fingerprint density at radius 3 is 2.55 bits per heavy atom. The number of aromatic nitrogens is 4. The predicted octanol–water partition coefficient (Wildman–Crippen LogP) is 4.77. The summed E-state index contributed by atoms with van der Waals surface area (Å²) in [6, 6.07) is 14.4.